The highest BCUT2D eigenvalue weighted by Crippen LogP contribution is 2.34. The Morgan fingerprint density at radius 2 is 1.11 bits per heavy atom. The van der Waals surface area contributed by atoms with Crippen LogP contribution in [0.15, 0.2) is 24.3 Å². The molecule has 0 aliphatic heterocycles. The number of hydrogen-bond donors (Lipinski definition) is 0. The molecule has 0 heterocycles. The molecule has 0 atom stereocenters. The third-order valence-corrected chi connectivity index (χ3v) is 1.52. The van der Waals surface area contributed by atoms with E-state index < -0.39 is 31.7 Å². The molecular formula is C8H4Cl2F6O2S. The molecule has 2 nitrogen and oxygen atoms in total. The van der Waals surface area contributed by atoms with E-state index in [9.17, 15) is 26.3 Å². The Balaban J connectivity index is 0.000000555. The van der Waals surface area contributed by atoms with Crippen LogP contribution in [-0.2, 0) is 20.6 Å². The van der Waals surface area contributed by atoms with Gasteiger partial charge in [0.15, 0.2) is 0 Å². The summed E-state index contributed by atoms with van der Waals surface area (Å²) in [5, 5.41) is 0. The summed E-state index contributed by atoms with van der Waals surface area (Å²) in [5.41, 5.74) is -2.60. The lowest BCUT2D eigenvalue weighted by Gasteiger charge is -2.10. The monoisotopic (exact) mass is 348 g/mol. The van der Waals surface area contributed by atoms with E-state index in [2.05, 4.69) is 21.4 Å². The molecule has 19 heavy (non-hydrogen) atoms. The van der Waals surface area contributed by atoms with Crippen LogP contribution in [0.4, 0.5) is 26.3 Å². The smallest absolute Gasteiger partial charge is 0.195 e. The van der Waals surface area contributed by atoms with Gasteiger partial charge in [-0.05, 0) is 18.2 Å². The molecule has 0 amide bonds. The van der Waals surface area contributed by atoms with Crippen LogP contribution in [-0.4, -0.2) is 8.42 Å². The molecule has 11 heteroatoms. The third-order valence-electron chi connectivity index (χ3n) is 1.52. The van der Waals surface area contributed by atoms with Crippen LogP contribution < -0.4 is 0 Å². The van der Waals surface area contributed by atoms with Crippen molar-refractivity contribution in [1.82, 2.24) is 0 Å². The van der Waals surface area contributed by atoms with Crippen molar-refractivity contribution in [3.05, 3.63) is 35.4 Å². The van der Waals surface area contributed by atoms with Crippen molar-refractivity contribution in [2.75, 3.05) is 0 Å². The largest absolute Gasteiger partial charge is 0.416 e. The SMILES string of the molecule is FC(F)(F)c1cccc(C(F)(F)F)c1.O=S(=O)(Cl)Cl. The fourth-order valence-corrected chi connectivity index (χ4v) is 0.872. The van der Waals surface area contributed by atoms with Crippen molar-refractivity contribution in [3.63, 3.8) is 0 Å². The first-order chi connectivity index (χ1) is 8.21. The molecule has 0 saturated carbocycles. The van der Waals surface area contributed by atoms with Gasteiger partial charge in [-0.2, -0.15) is 34.8 Å². The molecule has 0 unspecified atom stereocenters. The number of hydrogen-bond acceptors (Lipinski definition) is 2. The molecule has 0 radical (unpaired) electrons. The molecule has 110 valence electrons. The third kappa shape index (κ3) is 8.95. The van der Waals surface area contributed by atoms with Crippen LogP contribution in [0.1, 0.15) is 11.1 Å². The van der Waals surface area contributed by atoms with Crippen LogP contribution in [0.2, 0.25) is 0 Å². The number of halogens is 8. The first-order valence-electron chi connectivity index (χ1n) is 4.10. The summed E-state index contributed by atoms with van der Waals surface area (Å²) in [5.74, 6) is 0. The van der Waals surface area contributed by atoms with Gasteiger partial charge in [0, 0.05) is 21.4 Å². The molecule has 1 aromatic carbocycles. The zero-order valence-corrected chi connectivity index (χ0v) is 10.9. The summed E-state index contributed by atoms with van der Waals surface area (Å²) in [6.07, 6.45) is -9.50. The maximum atomic E-state index is 12.0. The lowest BCUT2D eigenvalue weighted by atomic mass is 10.1. The molecule has 0 aromatic heterocycles. The van der Waals surface area contributed by atoms with Gasteiger partial charge >= 0.3 is 20.6 Å². The van der Waals surface area contributed by atoms with Crippen LogP contribution in [0.25, 0.3) is 0 Å². The Morgan fingerprint density at radius 1 is 0.842 bits per heavy atom. The Bertz CT molecular complexity index is 486. The van der Waals surface area contributed by atoms with Crippen LogP contribution >= 0.6 is 21.4 Å². The molecule has 0 N–H and O–H groups in total. The van der Waals surface area contributed by atoms with Crippen LogP contribution in [0, 0.1) is 0 Å². The fourth-order valence-electron chi connectivity index (χ4n) is 0.872. The van der Waals surface area contributed by atoms with Crippen molar-refractivity contribution in [2.45, 2.75) is 12.4 Å². The average Bonchev–Trinajstić information content (AvgIpc) is 2.12. The second-order valence-corrected chi connectivity index (χ2v) is 6.62. The summed E-state index contributed by atoms with van der Waals surface area (Å²) < 4.78 is 90.3. The minimum Gasteiger partial charge on any atom is -0.195 e. The maximum absolute atomic E-state index is 12.0. The van der Waals surface area contributed by atoms with E-state index in [1.165, 1.54) is 0 Å². The summed E-state index contributed by atoms with van der Waals surface area (Å²) >= 11 is 0. The number of rotatable bonds is 0. The van der Waals surface area contributed by atoms with E-state index in [1.807, 2.05) is 0 Å². The summed E-state index contributed by atoms with van der Waals surface area (Å²) in [7, 11) is 4.81. The van der Waals surface area contributed by atoms with Gasteiger partial charge in [0.2, 0.25) is 0 Å². The van der Waals surface area contributed by atoms with Crippen molar-refractivity contribution >= 4 is 29.6 Å². The van der Waals surface area contributed by atoms with E-state index in [-0.39, 0.29) is 6.07 Å². The number of benzene rings is 1. The highest BCUT2D eigenvalue weighted by molar-refractivity contribution is 8.31. The minimum atomic E-state index is -4.75. The van der Waals surface area contributed by atoms with Gasteiger partial charge in [0.1, 0.15) is 0 Å². The van der Waals surface area contributed by atoms with Crippen LogP contribution in [0.5, 0.6) is 0 Å². The predicted octanol–water partition coefficient (Wildman–Crippen LogP) is 4.43. The van der Waals surface area contributed by atoms with Crippen molar-refractivity contribution in [2.24, 2.45) is 0 Å². The van der Waals surface area contributed by atoms with E-state index >= 15 is 0 Å². The molecule has 0 fully saturated rings. The van der Waals surface area contributed by atoms with Gasteiger partial charge < -0.3 is 0 Å². The van der Waals surface area contributed by atoms with Crippen LogP contribution in [0.3, 0.4) is 0 Å². The molecule has 1 aromatic rings. The Labute approximate surface area is 112 Å². The number of alkyl halides is 6. The van der Waals surface area contributed by atoms with Crippen molar-refractivity contribution in [3.8, 4) is 0 Å². The van der Waals surface area contributed by atoms with Crippen molar-refractivity contribution in [1.29, 1.82) is 0 Å². The first-order valence-corrected chi connectivity index (χ1v) is 7.23. The highest BCUT2D eigenvalue weighted by atomic mass is 36.0. The second-order valence-electron chi connectivity index (χ2n) is 2.95. The first kappa shape index (κ1) is 18.3. The van der Waals surface area contributed by atoms with Crippen molar-refractivity contribution < 1.29 is 34.8 Å². The lowest BCUT2D eigenvalue weighted by Crippen LogP contribution is -2.09. The van der Waals surface area contributed by atoms with Gasteiger partial charge in [-0.25, -0.2) is 0 Å². The topological polar surface area (TPSA) is 34.1 Å². The molecule has 0 spiro atoms. The van der Waals surface area contributed by atoms with Gasteiger partial charge in [0.05, 0.1) is 11.1 Å². The summed E-state index contributed by atoms with van der Waals surface area (Å²) in [6, 6.07) is 2.00. The second kappa shape index (κ2) is 6.19. The fraction of sp³-hybridized carbons (Fsp3) is 0.250. The molecule has 0 aliphatic rings. The maximum Gasteiger partial charge on any atom is 0.416 e. The summed E-state index contributed by atoms with van der Waals surface area (Å²) in [6.45, 7) is 0. The highest BCUT2D eigenvalue weighted by Gasteiger charge is 2.35. The Kier molecular flexibility index (Phi) is 5.97. The average molecular weight is 349 g/mol. The Morgan fingerprint density at radius 3 is 1.32 bits per heavy atom. The quantitative estimate of drug-likeness (QED) is 0.513. The minimum absolute atomic E-state index is 0.0833. The van der Waals surface area contributed by atoms with E-state index in [4.69, 9.17) is 8.42 Å². The van der Waals surface area contributed by atoms with Gasteiger partial charge in [-0.15, -0.1) is 0 Å². The predicted molar refractivity (Wildman–Crippen MR) is 57.1 cm³/mol. The normalized spacial score (nSPS) is 12.6. The molecule has 1 rings (SSSR count). The van der Waals surface area contributed by atoms with Gasteiger partial charge in [0.25, 0.3) is 0 Å². The van der Waals surface area contributed by atoms with E-state index in [0.29, 0.717) is 12.1 Å². The van der Waals surface area contributed by atoms with E-state index in [1.54, 1.807) is 0 Å². The molecular weight excluding hydrogens is 345 g/mol. The zero-order valence-electron chi connectivity index (χ0n) is 8.56. The summed E-state index contributed by atoms with van der Waals surface area (Å²) in [4.78, 5) is 0. The van der Waals surface area contributed by atoms with Gasteiger partial charge in [-0.1, -0.05) is 6.07 Å². The standard InChI is InChI=1S/C8H4F6.Cl2O2S/c9-7(10,11)5-2-1-3-6(4-5)8(12,13)14;1-5(2,3)4/h1-4H;. The molecule has 0 aliphatic carbocycles. The van der Waals surface area contributed by atoms with Gasteiger partial charge in [-0.3, -0.25) is 0 Å². The molecule has 0 bridgehead atoms. The lowest BCUT2D eigenvalue weighted by molar-refractivity contribution is -0.143. The molecule has 0 saturated heterocycles. The Hall–Kier alpha value is -0.670. The zero-order chi connectivity index (χ0) is 15.5. The van der Waals surface area contributed by atoms with E-state index in [0.717, 1.165) is 6.07 Å².